The topological polar surface area (TPSA) is 35.6 Å². The molecule has 1 atom stereocenters. The lowest BCUT2D eigenvalue weighted by Crippen LogP contribution is -2.45. The molecule has 0 aromatic rings. The number of nitrogens with one attached hydrogen (secondary N) is 1. The van der Waals surface area contributed by atoms with Crippen LogP contribution in [0.1, 0.15) is 46.0 Å². The van der Waals surface area contributed by atoms with Gasteiger partial charge in [-0.3, -0.25) is 9.69 Å². The highest BCUT2D eigenvalue weighted by Crippen LogP contribution is 2.22. The van der Waals surface area contributed by atoms with E-state index in [9.17, 15) is 4.79 Å². The Hall–Kier alpha value is -0.870. The molecule has 0 bridgehead atoms. The molecule has 114 valence electrons. The Morgan fingerprint density at radius 3 is 2.85 bits per heavy atom. The van der Waals surface area contributed by atoms with E-state index in [0.717, 1.165) is 45.4 Å². The molecule has 2 aliphatic rings. The van der Waals surface area contributed by atoms with Gasteiger partial charge in [0.1, 0.15) is 0 Å². The number of amides is 1. The minimum atomic E-state index is 0.279. The highest BCUT2D eigenvalue weighted by molar-refractivity contribution is 5.80. The fraction of sp³-hybridized carbons (Fsp3) is 0.812. The van der Waals surface area contributed by atoms with Crippen molar-refractivity contribution in [2.24, 2.45) is 0 Å². The summed E-state index contributed by atoms with van der Waals surface area (Å²) in [6.07, 6.45) is 7.91. The molecule has 1 heterocycles. The minimum absolute atomic E-state index is 0.279. The number of hydrogen-bond acceptors (Lipinski definition) is 3. The standard InChI is InChI=1S/C16H29N3O/c1-3-11-18(15-9-10-17-12-15)13-16(20)19(4-2)14-7-5-6-8-14/h7,15,17H,3-6,8-13H2,1-2H3. The van der Waals surface area contributed by atoms with Crippen molar-refractivity contribution in [1.82, 2.24) is 15.1 Å². The zero-order chi connectivity index (χ0) is 14.4. The normalized spacial score (nSPS) is 22.4. The first-order chi connectivity index (χ1) is 9.76. The van der Waals surface area contributed by atoms with E-state index in [1.54, 1.807) is 0 Å². The summed E-state index contributed by atoms with van der Waals surface area (Å²) in [5.74, 6) is 0.279. The zero-order valence-corrected chi connectivity index (χ0v) is 13.0. The van der Waals surface area contributed by atoms with E-state index in [0.29, 0.717) is 12.6 Å². The third-order valence-electron chi connectivity index (χ3n) is 4.38. The second-order valence-corrected chi connectivity index (χ2v) is 5.84. The van der Waals surface area contributed by atoms with Gasteiger partial charge < -0.3 is 10.2 Å². The summed E-state index contributed by atoms with van der Waals surface area (Å²) in [6.45, 7) is 8.78. The molecule has 0 aromatic heterocycles. The Morgan fingerprint density at radius 1 is 1.45 bits per heavy atom. The van der Waals surface area contributed by atoms with Crippen LogP contribution in [-0.4, -0.2) is 54.5 Å². The molecule has 0 saturated carbocycles. The Kier molecular flexibility index (Phi) is 6.05. The minimum Gasteiger partial charge on any atom is -0.316 e. The summed E-state index contributed by atoms with van der Waals surface area (Å²) in [5, 5.41) is 3.40. The SMILES string of the molecule is CCCN(CC(=O)N(CC)C1=CCCC1)C1CCNC1. The third kappa shape index (κ3) is 3.83. The van der Waals surface area contributed by atoms with Gasteiger partial charge in [0.15, 0.2) is 0 Å². The Bertz CT molecular complexity index is 348. The average Bonchev–Trinajstić information content (AvgIpc) is 3.12. The lowest BCUT2D eigenvalue weighted by atomic mass is 10.2. The van der Waals surface area contributed by atoms with E-state index in [1.807, 2.05) is 4.90 Å². The maximum Gasteiger partial charge on any atom is 0.240 e. The molecule has 4 heteroatoms. The van der Waals surface area contributed by atoms with E-state index in [2.05, 4.69) is 30.1 Å². The molecular weight excluding hydrogens is 250 g/mol. The van der Waals surface area contributed by atoms with Crippen LogP contribution in [0.3, 0.4) is 0 Å². The monoisotopic (exact) mass is 279 g/mol. The van der Waals surface area contributed by atoms with Crippen molar-refractivity contribution in [2.75, 3.05) is 32.7 Å². The Morgan fingerprint density at radius 2 is 2.30 bits per heavy atom. The molecule has 0 aromatic carbocycles. The predicted octanol–water partition coefficient (Wildman–Crippen LogP) is 1.98. The van der Waals surface area contributed by atoms with Crippen molar-refractivity contribution in [2.45, 2.75) is 52.0 Å². The number of carbonyl (C=O) groups is 1. The Labute approximate surface area is 123 Å². The molecule has 20 heavy (non-hydrogen) atoms. The van der Waals surface area contributed by atoms with Gasteiger partial charge in [0.05, 0.1) is 6.54 Å². The second kappa shape index (κ2) is 7.79. The van der Waals surface area contributed by atoms with E-state index in [-0.39, 0.29) is 5.91 Å². The van der Waals surface area contributed by atoms with Crippen molar-refractivity contribution < 1.29 is 4.79 Å². The van der Waals surface area contributed by atoms with Gasteiger partial charge in [-0.25, -0.2) is 0 Å². The van der Waals surface area contributed by atoms with E-state index >= 15 is 0 Å². The largest absolute Gasteiger partial charge is 0.316 e. The molecule has 2 rings (SSSR count). The first-order valence-corrected chi connectivity index (χ1v) is 8.20. The molecule has 0 radical (unpaired) electrons. The summed E-state index contributed by atoms with van der Waals surface area (Å²) in [4.78, 5) is 17.0. The van der Waals surface area contributed by atoms with Gasteiger partial charge >= 0.3 is 0 Å². The van der Waals surface area contributed by atoms with Crippen LogP contribution < -0.4 is 5.32 Å². The van der Waals surface area contributed by atoms with E-state index in [1.165, 1.54) is 18.5 Å². The van der Waals surface area contributed by atoms with Crippen LogP contribution in [-0.2, 0) is 4.79 Å². The highest BCUT2D eigenvalue weighted by Gasteiger charge is 2.26. The molecule has 1 aliphatic carbocycles. The molecule has 1 saturated heterocycles. The molecule has 0 spiro atoms. The third-order valence-corrected chi connectivity index (χ3v) is 4.38. The van der Waals surface area contributed by atoms with Crippen molar-refractivity contribution >= 4 is 5.91 Å². The number of likely N-dealkylation sites (N-methyl/N-ethyl adjacent to an activating group) is 1. The predicted molar refractivity (Wildman–Crippen MR) is 82.5 cm³/mol. The molecule has 4 nitrogen and oxygen atoms in total. The van der Waals surface area contributed by atoms with Crippen LogP contribution in [0.15, 0.2) is 11.8 Å². The fourth-order valence-electron chi connectivity index (χ4n) is 3.33. The Balaban J connectivity index is 1.95. The highest BCUT2D eigenvalue weighted by atomic mass is 16.2. The molecule has 1 aliphatic heterocycles. The molecular formula is C16H29N3O. The number of allylic oxidation sites excluding steroid dienone is 2. The van der Waals surface area contributed by atoms with Crippen LogP contribution in [0.5, 0.6) is 0 Å². The summed E-state index contributed by atoms with van der Waals surface area (Å²) in [5.41, 5.74) is 1.25. The molecule has 1 N–H and O–H groups in total. The number of hydrogen-bond donors (Lipinski definition) is 1. The van der Waals surface area contributed by atoms with Crippen molar-refractivity contribution in [1.29, 1.82) is 0 Å². The maximum atomic E-state index is 12.6. The number of carbonyl (C=O) groups excluding carboxylic acids is 1. The van der Waals surface area contributed by atoms with Crippen molar-refractivity contribution in [3.05, 3.63) is 11.8 Å². The summed E-state index contributed by atoms with van der Waals surface area (Å²) in [6, 6.07) is 0.537. The van der Waals surface area contributed by atoms with Crippen molar-refractivity contribution in [3.63, 3.8) is 0 Å². The first-order valence-electron chi connectivity index (χ1n) is 8.20. The summed E-state index contributed by atoms with van der Waals surface area (Å²) in [7, 11) is 0. The van der Waals surface area contributed by atoms with Crippen LogP contribution in [0.4, 0.5) is 0 Å². The van der Waals surface area contributed by atoms with E-state index in [4.69, 9.17) is 0 Å². The number of rotatable bonds is 7. The van der Waals surface area contributed by atoms with Gasteiger partial charge in [-0.1, -0.05) is 13.0 Å². The average molecular weight is 279 g/mol. The van der Waals surface area contributed by atoms with E-state index < -0.39 is 0 Å². The van der Waals surface area contributed by atoms with Crippen LogP contribution in [0.2, 0.25) is 0 Å². The van der Waals surface area contributed by atoms with Gasteiger partial charge in [0.25, 0.3) is 0 Å². The molecule has 1 unspecified atom stereocenters. The number of nitrogens with zero attached hydrogens (tertiary/aromatic N) is 2. The maximum absolute atomic E-state index is 12.6. The quantitative estimate of drug-likeness (QED) is 0.774. The summed E-state index contributed by atoms with van der Waals surface area (Å²) >= 11 is 0. The van der Waals surface area contributed by atoms with Crippen LogP contribution in [0, 0.1) is 0 Å². The zero-order valence-electron chi connectivity index (χ0n) is 13.0. The lowest BCUT2D eigenvalue weighted by Gasteiger charge is -2.30. The van der Waals surface area contributed by atoms with Crippen LogP contribution in [0.25, 0.3) is 0 Å². The van der Waals surface area contributed by atoms with Gasteiger partial charge in [0.2, 0.25) is 5.91 Å². The van der Waals surface area contributed by atoms with Crippen molar-refractivity contribution in [3.8, 4) is 0 Å². The summed E-state index contributed by atoms with van der Waals surface area (Å²) < 4.78 is 0. The molecule has 1 amide bonds. The van der Waals surface area contributed by atoms with Gasteiger partial charge in [-0.15, -0.1) is 0 Å². The first kappa shape index (κ1) is 15.5. The van der Waals surface area contributed by atoms with Gasteiger partial charge in [-0.2, -0.15) is 0 Å². The fourth-order valence-corrected chi connectivity index (χ4v) is 3.33. The lowest BCUT2D eigenvalue weighted by molar-refractivity contribution is -0.131. The van der Waals surface area contributed by atoms with Gasteiger partial charge in [0, 0.05) is 24.8 Å². The van der Waals surface area contributed by atoms with Gasteiger partial charge in [-0.05, 0) is 52.1 Å². The second-order valence-electron chi connectivity index (χ2n) is 5.84. The van der Waals surface area contributed by atoms with Crippen LogP contribution >= 0.6 is 0 Å². The molecule has 1 fully saturated rings. The smallest absolute Gasteiger partial charge is 0.240 e.